The second-order valence-corrected chi connectivity index (χ2v) is 5.08. The predicted octanol–water partition coefficient (Wildman–Crippen LogP) is 3.26. The molecule has 0 aliphatic carbocycles. The molecule has 0 N–H and O–H groups in total. The van der Waals surface area contributed by atoms with Gasteiger partial charge in [0.05, 0.1) is 6.04 Å². The topological polar surface area (TPSA) is 55.8 Å². The van der Waals surface area contributed by atoms with Crippen molar-refractivity contribution in [2.45, 2.75) is 38.6 Å². The molecule has 0 saturated carbocycles. The molecule has 1 heterocycles. The van der Waals surface area contributed by atoms with E-state index in [0.29, 0.717) is 6.42 Å². The SMILES string of the molecule is CCCCCC(=O)OCN1C(=O)OC[C@H]1c1ccccc1. The fourth-order valence-electron chi connectivity index (χ4n) is 2.28. The average molecular weight is 291 g/mol. The van der Waals surface area contributed by atoms with Crippen molar-refractivity contribution in [2.75, 3.05) is 13.3 Å². The highest BCUT2D eigenvalue weighted by Gasteiger charge is 2.34. The normalized spacial score (nSPS) is 17.7. The summed E-state index contributed by atoms with van der Waals surface area (Å²) in [5.41, 5.74) is 0.977. The van der Waals surface area contributed by atoms with Crippen LogP contribution in [0.1, 0.15) is 44.2 Å². The van der Waals surface area contributed by atoms with E-state index in [1.807, 2.05) is 30.3 Å². The molecule has 0 radical (unpaired) electrons. The first-order chi connectivity index (χ1) is 10.2. The Morgan fingerprint density at radius 2 is 2.10 bits per heavy atom. The van der Waals surface area contributed by atoms with Crippen molar-refractivity contribution in [1.29, 1.82) is 0 Å². The number of nitrogens with zero attached hydrogens (tertiary/aromatic N) is 1. The minimum absolute atomic E-state index is 0.0522. The summed E-state index contributed by atoms with van der Waals surface area (Å²) in [6.45, 7) is 2.32. The van der Waals surface area contributed by atoms with Crippen molar-refractivity contribution in [3.63, 3.8) is 0 Å². The number of benzene rings is 1. The van der Waals surface area contributed by atoms with Crippen molar-refractivity contribution in [2.24, 2.45) is 0 Å². The molecule has 0 bridgehead atoms. The Kier molecular flexibility index (Phi) is 5.60. The predicted molar refractivity (Wildman–Crippen MR) is 77.5 cm³/mol. The van der Waals surface area contributed by atoms with Crippen molar-refractivity contribution in [1.82, 2.24) is 4.90 Å². The molecule has 5 nitrogen and oxygen atoms in total. The Balaban J connectivity index is 1.88. The molecule has 0 unspecified atom stereocenters. The van der Waals surface area contributed by atoms with Crippen molar-refractivity contribution < 1.29 is 19.1 Å². The molecule has 114 valence electrons. The fraction of sp³-hybridized carbons (Fsp3) is 0.500. The number of hydrogen-bond donors (Lipinski definition) is 0. The third-order valence-electron chi connectivity index (χ3n) is 3.51. The standard InChI is InChI=1S/C16H21NO4/c1-2-3-5-10-15(18)21-12-17-14(11-20-16(17)19)13-8-6-4-7-9-13/h4,6-9,14H,2-3,5,10-12H2,1H3/t14-/m0/s1. The van der Waals surface area contributed by atoms with Crippen LogP contribution in [0.5, 0.6) is 0 Å². The molecule has 2 rings (SSSR count). The lowest BCUT2D eigenvalue weighted by molar-refractivity contribution is -0.147. The van der Waals surface area contributed by atoms with E-state index in [0.717, 1.165) is 24.8 Å². The number of esters is 1. The zero-order valence-electron chi connectivity index (χ0n) is 12.3. The molecule has 1 aromatic rings. The Morgan fingerprint density at radius 1 is 1.33 bits per heavy atom. The van der Waals surface area contributed by atoms with E-state index in [2.05, 4.69) is 6.92 Å². The summed E-state index contributed by atoms with van der Waals surface area (Å²) in [6, 6.07) is 9.41. The first-order valence-corrected chi connectivity index (χ1v) is 7.36. The molecule has 1 fully saturated rings. The highest BCUT2D eigenvalue weighted by molar-refractivity contribution is 5.72. The van der Waals surface area contributed by atoms with Gasteiger partial charge in [0.15, 0.2) is 6.73 Å². The molecule has 21 heavy (non-hydrogen) atoms. The molecule has 1 atom stereocenters. The van der Waals surface area contributed by atoms with Gasteiger partial charge in [-0.05, 0) is 12.0 Å². The Hall–Kier alpha value is -2.04. The maximum Gasteiger partial charge on any atom is 0.413 e. The number of cyclic esters (lactones) is 1. The first kappa shape index (κ1) is 15.4. The van der Waals surface area contributed by atoms with E-state index < -0.39 is 6.09 Å². The summed E-state index contributed by atoms with van der Waals surface area (Å²) in [5.74, 6) is -0.269. The maximum absolute atomic E-state index is 11.7. The van der Waals surface area contributed by atoms with Crippen molar-refractivity contribution in [3.8, 4) is 0 Å². The largest absolute Gasteiger partial charge is 0.447 e. The Labute approximate surface area is 124 Å². The monoisotopic (exact) mass is 291 g/mol. The highest BCUT2D eigenvalue weighted by atomic mass is 16.6. The van der Waals surface area contributed by atoms with Gasteiger partial charge < -0.3 is 9.47 Å². The van der Waals surface area contributed by atoms with Gasteiger partial charge in [-0.25, -0.2) is 4.79 Å². The Bertz CT molecular complexity index is 474. The molecule has 0 spiro atoms. The molecule has 1 aliphatic rings. The van der Waals surface area contributed by atoms with Crippen LogP contribution < -0.4 is 0 Å². The average Bonchev–Trinajstić information content (AvgIpc) is 2.87. The second kappa shape index (κ2) is 7.67. The minimum atomic E-state index is -0.440. The second-order valence-electron chi connectivity index (χ2n) is 5.08. The quantitative estimate of drug-likeness (QED) is 0.571. The number of unbranched alkanes of at least 4 members (excludes halogenated alkanes) is 2. The number of carbonyl (C=O) groups is 2. The van der Waals surface area contributed by atoms with Gasteiger partial charge in [0.25, 0.3) is 0 Å². The third kappa shape index (κ3) is 4.21. The molecule has 0 aromatic heterocycles. The smallest absolute Gasteiger partial charge is 0.413 e. The van der Waals surface area contributed by atoms with Gasteiger partial charge >= 0.3 is 12.1 Å². The van der Waals surface area contributed by atoms with Crippen molar-refractivity contribution in [3.05, 3.63) is 35.9 Å². The third-order valence-corrected chi connectivity index (χ3v) is 3.51. The van der Waals surface area contributed by atoms with E-state index in [4.69, 9.17) is 9.47 Å². The van der Waals surface area contributed by atoms with Crippen LogP contribution in [0.3, 0.4) is 0 Å². The molecule has 1 aliphatic heterocycles. The van der Waals surface area contributed by atoms with Gasteiger partial charge in [0, 0.05) is 6.42 Å². The lowest BCUT2D eigenvalue weighted by atomic mass is 10.1. The zero-order valence-corrected chi connectivity index (χ0v) is 12.3. The van der Waals surface area contributed by atoms with Gasteiger partial charge in [-0.2, -0.15) is 0 Å². The summed E-state index contributed by atoms with van der Waals surface area (Å²) in [7, 11) is 0. The molecule has 1 amide bonds. The summed E-state index contributed by atoms with van der Waals surface area (Å²) >= 11 is 0. The van der Waals surface area contributed by atoms with Gasteiger partial charge in [0.2, 0.25) is 0 Å². The van der Waals surface area contributed by atoms with E-state index in [1.165, 1.54) is 4.90 Å². The molecular weight excluding hydrogens is 270 g/mol. The van der Waals surface area contributed by atoms with E-state index in [9.17, 15) is 9.59 Å². The number of rotatable bonds is 7. The fourth-order valence-corrected chi connectivity index (χ4v) is 2.28. The van der Waals surface area contributed by atoms with Crippen LogP contribution in [0.4, 0.5) is 4.79 Å². The van der Waals surface area contributed by atoms with Crippen molar-refractivity contribution >= 4 is 12.1 Å². The summed E-state index contributed by atoms with van der Waals surface area (Å²) in [6.07, 6.45) is 2.84. The van der Waals surface area contributed by atoms with Gasteiger partial charge in [-0.15, -0.1) is 0 Å². The summed E-state index contributed by atoms with van der Waals surface area (Å²) in [4.78, 5) is 24.8. The van der Waals surface area contributed by atoms with Crippen LogP contribution in [-0.4, -0.2) is 30.3 Å². The number of hydrogen-bond acceptors (Lipinski definition) is 4. The number of amides is 1. The molecule has 5 heteroatoms. The van der Waals surface area contributed by atoms with Crippen LogP contribution in [0, 0.1) is 0 Å². The van der Waals surface area contributed by atoms with Crippen LogP contribution in [0.2, 0.25) is 0 Å². The van der Waals surface area contributed by atoms with Gasteiger partial charge in [-0.1, -0.05) is 50.1 Å². The zero-order chi connectivity index (χ0) is 15.1. The van der Waals surface area contributed by atoms with Crippen LogP contribution in [-0.2, 0) is 14.3 Å². The van der Waals surface area contributed by atoms with E-state index in [1.54, 1.807) is 0 Å². The first-order valence-electron chi connectivity index (χ1n) is 7.36. The minimum Gasteiger partial charge on any atom is -0.447 e. The molecular formula is C16H21NO4. The van der Waals surface area contributed by atoms with Gasteiger partial charge in [-0.3, -0.25) is 9.69 Å². The summed E-state index contributed by atoms with van der Waals surface area (Å²) in [5, 5.41) is 0. The lowest BCUT2D eigenvalue weighted by Crippen LogP contribution is -2.31. The van der Waals surface area contributed by atoms with Crippen LogP contribution >= 0.6 is 0 Å². The van der Waals surface area contributed by atoms with Crippen LogP contribution in [0.25, 0.3) is 0 Å². The van der Waals surface area contributed by atoms with E-state index in [-0.39, 0.29) is 25.3 Å². The molecule has 1 saturated heterocycles. The maximum atomic E-state index is 11.7. The summed E-state index contributed by atoms with van der Waals surface area (Å²) < 4.78 is 10.2. The van der Waals surface area contributed by atoms with Crippen LogP contribution in [0.15, 0.2) is 30.3 Å². The van der Waals surface area contributed by atoms with Gasteiger partial charge in [0.1, 0.15) is 6.61 Å². The molecule has 1 aromatic carbocycles. The number of ether oxygens (including phenoxy) is 2. The van der Waals surface area contributed by atoms with E-state index >= 15 is 0 Å². The highest BCUT2D eigenvalue weighted by Crippen LogP contribution is 2.27. The lowest BCUT2D eigenvalue weighted by Gasteiger charge is -2.21. The Morgan fingerprint density at radius 3 is 2.81 bits per heavy atom. The number of carbonyl (C=O) groups excluding carboxylic acids is 2.